The van der Waals surface area contributed by atoms with E-state index in [9.17, 15) is 0 Å². The van der Waals surface area contributed by atoms with Crippen molar-refractivity contribution in [3.8, 4) is 0 Å². The number of hydrogen-bond acceptors (Lipinski definition) is 0. The van der Waals surface area contributed by atoms with E-state index < -0.39 is 0 Å². The highest BCUT2D eigenvalue weighted by Crippen LogP contribution is 2.39. The summed E-state index contributed by atoms with van der Waals surface area (Å²) in [6, 6.07) is 13.3. The average Bonchev–Trinajstić information content (AvgIpc) is 2.42. The second-order valence-electron chi connectivity index (χ2n) is 6.27. The Morgan fingerprint density at radius 2 is 1.74 bits per heavy atom. The average molecular weight is 252 g/mol. The van der Waals surface area contributed by atoms with E-state index in [1.807, 2.05) is 0 Å². The largest absolute Gasteiger partial charge is 0.231 e. The molecule has 1 heterocycles. The van der Waals surface area contributed by atoms with Crippen LogP contribution in [0.25, 0.3) is 10.8 Å². The quantitative estimate of drug-likeness (QED) is 0.619. The fraction of sp³-hybridized carbons (Fsp3) is 0.389. The summed E-state index contributed by atoms with van der Waals surface area (Å²) in [4.78, 5) is 0. The van der Waals surface area contributed by atoms with Crippen LogP contribution in [0.2, 0.25) is 0 Å². The maximum Gasteiger partial charge on any atom is 0.181 e. The molecule has 0 saturated heterocycles. The lowest BCUT2D eigenvalue weighted by Gasteiger charge is -2.35. The lowest BCUT2D eigenvalue weighted by atomic mass is 9.76. The molecule has 1 aliphatic rings. The summed E-state index contributed by atoms with van der Waals surface area (Å²) in [5.74, 6) is 0.529. The van der Waals surface area contributed by atoms with E-state index in [0.717, 1.165) is 0 Å². The molecule has 98 valence electrons. The zero-order valence-electron chi connectivity index (χ0n) is 12.5. The van der Waals surface area contributed by atoms with E-state index in [-0.39, 0.29) is 5.54 Å². The Morgan fingerprint density at radius 3 is 2.47 bits per heavy atom. The van der Waals surface area contributed by atoms with Gasteiger partial charge in [0.15, 0.2) is 11.3 Å². The third-order valence-electron chi connectivity index (χ3n) is 5.22. The molecule has 0 aliphatic carbocycles. The van der Waals surface area contributed by atoms with Gasteiger partial charge in [0.2, 0.25) is 0 Å². The van der Waals surface area contributed by atoms with Crippen molar-refractivity contribution in [2.24, 2.45) is 0 Å². The smallest absolute Gasteiger partial charge is 0.181 e. The Balaban J connectivity index is 2.44. The van der Waals surface area contributed by atoms with Crippen LogP contribution in [-0.2, 0) is 0 Å². The Kier molecular flexibility index (Phi) is 2.57. The van der Waals surface area contributed by atoms with E-state index in [0.29, 0.717) is 5.92 Å². The van der Waals surface area contributed by atoms with Gasteiger partial charge in [0.05, 0.1) is 5.56 Å². The highest BCUT2D eigenvalue weighted by atomic mass is 15.1. The predicted molar refractivity (Wildman–Crippen MR) is 82.4 cm³/mol. The Bertz CT molecular complexity index is 692. The molecule has 1 aliphatic heterocycles. The first-order chi connectivity index (χ1) is 8.94. The molecule has 19 heavy (non-hydrogen) atoms. The van der Waals surface area contributed by atoms with Crippen LogP contribution in [0.1, 0.15) is 44.7 Å². The van der Waals surface area contributed by atoms with Gasteiger partial charge in [-0.05, 0) is 16.3 Å². The molecule has 1 atom stereocenters. The fourth-order valence-electron chi connectivity index (χ4n) is 3.32. The maximum absolute atomic E-state index is 2.44. The Labute approximate surface area is 115 Å². The summed E-state index contributed by atoms with van der Waals surface area (Å²) >= 11 is 0. The van der Waals surface area contributed by atoms with Gasteiger partial charge in [-0.15, -0.1) is 0 Å². The third kappa shape index (κ3) is 1.57. The van der Waals surface area contributed by atoms with Crippen molar-refractivity contribution in [1.29, 1.82) is 0 Å². The van der Waals surface area contributed by atoms with Crippen LogP contribution in [0.5, 0.6) is 0 Å². The summed E-state index contributed by atoms with van der Waals surface area (Å²) < 4.78 is 2.44. The lowest BCUT2D eigenvalue weighted by Crippen LogP contribution is -2.45. The van der Waals surface area contributed by atoms with Crippen molar-refractivity contribution in [2.75, 3.05) is 7.05 Å². The van der Waals surface area contributed by atoms with Gasteiger partial charge in [-0.3, -0.25) is 0 Å². The van der Waals surface area contributed by atoms with Crippen LogP contribution in [0.4, 0.5) is 0 Å². The first-order valence-corrected chi connectivity index (χ1v) is 7.04. The van der Waals surface area contributed by atoms with E-state index in [1.165, 1.54) is 27.6 Å². The summed E-state index contributed by atoms with van der Waals surface area (Å²) in [6.07, 6.45) is 0. The van der Waals surface area contributed by atoms with Crippen LogP contribution in [-0.4, -0.2) is 22.9 Å². The molecule has 2 aromatic rings. The molecule has 0 bridgehead atoms. The summed E-state index contributed by atoms with van der Waals surface area (Å²) in [5, 5.41) is 2.72. The summed E-state index contributed by atoms with van der Waals surface area (Å²) in [7, 11) is 2.22. The van der Waals surface area contributed by atoms with E-state index in [4.69, 9.17) is 0 Å². The second-order valence-corrected chi connectivity index (χ2v) is 6.27. The monoisotopic (exact) mass is 252 g/mol. The van der Waals surface area contributed by atoms with Gasteiger partial charge in [0, 0.05) is 26.7 Å². The van der Waals surface area contributed by atoms with Crippen molar-refractivity contribution in [3.63, 3.8) is 0 Å². The molecule has 0 N–H and O–H groups in total. The summed E-state index contributed by atoms with van der Waals surface area (Å²) in [5.41, 5.74) is 4.47. The fourth-order valence-corrected chi connectivity index (χ4v) is 3.32. The Morgan fingerprint density at radius 1 is 1.05 bits per heavy atom. The highest BCUT2D eigenvalue weighted by molar-refractivity contribution is 6.09. The molecule has 2 aromatic carbocycles. The van der Waals surface area contributed by atoms with Gasteiger partial charge < -0.3 is 0 Å². The van der Waals surface area contributed by atoms with Gasteiger partial charge in [0.25, 0.3) is 0 Å². The third-order valence-corrected chi connectivity index (χ3v) is 5.22. The molecule has 3 rings (SSSR count). The van der Waals surface area contributed by atoms with Crippen LogP contribution in [0, 0.1) is 0 Å². The van der Waals surface area contributed by atoms with Crippen molar-refractivity contribution >= 4 is 16.5 Å². The maximum atomic E-state index is 2.44. The molecule has 0 fully saturated rings. The van der Waals surface area contributed by atoms with Crippen molar-refractivity contribution in [1.82, 2.24) is 0 Å². The molecule has 0 amide bonds. The minimum absolute atomic E-state index is 0.166. The minimum Gasteiger partial charge on any atom is -0.231 e. The number of likely N-dealkylation sites (N-methyl/N-ethyl adjacent to an activating group) is 1. The molecular weight excluding hydrogens is 230 g/mol. The van der Waals surface area contributed by atoms with E-state index >= 15 is 0 Å². The molecule has 0 radical (unpaired) electrons. The lowest BCUT2D eigenvalue weighted by molar-refractivity contribution is -0.581. The van der Waals surface area contributed by atoms with Gasteiger partial charge in [-0.25, -0.2) is 4.58 Å². The second kappa shape index (κ2) is 3.93. The Hall–Kier alpha value is -1.63. The number of fused-ring (bicyclic) bond motifs is 3. The SMILES string of the molecule is CC1=[N+](C)C(C)(C)C(C)c2ccc3ccccc3c21. The van der Waals surface area contributed by atoms with Crippen LogP contribution >= 0.6 is 0 Å². The molecule has 1 nitrogen and oxygen atoms in total. The van der Waals surface area contributed by atoms with Gasteiger partial charge in [0.1, 0.15) is 7.05 Å². The molecule has 1 unspecified atom stereocenters. The standard InChI is InChI=1S/C18H22N/c1-12-15-11-10-14-8-6-7-9-16(14)17(15)13(2)19(5)18(12,3)4/h6-12H,1-5H3/q+1. The number of hydrogen-bond donors (Lipinski definition) is 0. The first kappa shape index (κ1) is 12.4. The summed E-state index contributed by atoms with van der Waals surface area (Å²) in [6.45, 7) is 9.26. The van der Waals surface area contributed by atoms with Crippen LogP contribution in [0.15, 0.2) is 36.4 Å². The van der Waals surface area contributed by atoms with Crippen LogP contribution in [0.3, 0.4) is 0 Å². The normalized spacial score (nSPS) is 21.6. The van der Waals surface area contributed by atoms with Crippen molar-refractivity contribution in [2.45, 2.75) is 39.2 Å². The van der Waals surface area contributed by atoms with Crippen LogP contribution < -0.4 is 0 Å². The number of benzene rings is 2. The highest BCUT2D eigenvalue weighted by Gasteiger charge is 2.42. The zero-order valence-corrected chi connectivity index (χ0v) is 12.5. The van der Waals surface area contributed by atoms with E-state index in [1.54, 1.807) is 0 Å². The molecular formula is C18H22N+. The molecule has 0 aromatic heterocycles. The molecule has 1 heteroatoms. The predicted octanol–water partition coefficient (Wildman–Crippen LogP) is 4.19. The van der Waals surface area contributed by atoms with Crippen molar-refractivity contribution < 1.29 is 4.58 Å². The van der Waals surface area contributed by atoms with E-state index in [2.05, 4.69) is 75.7 Å². The van der Waals surface area contributed by atoms with Crippen molar-refractivity contribution in [3.05, 3.63) is 47.5 Å². The number of rotatable bonds is 0. The number of nitrogens with zero attached hydrogens (tertiary/aromatic N) is 1. The zero-order chi connectivity index (χ0) is 13.8. The minimum atomic E-state index is 0.166. The first-order valence-electron chi connectivity index (χ1n) is 7.04. The topological polar surface area (TPSA) is 3.01 Å². The van der Waals surface area contributed by atoms with Gasteiger partial charge in [-0.1, -0.05) is 43.3 Å². The molecule has 0 saturated carbocycles. The van der Waals surface area contributed by atoms with Gasteiger partial charge in [-0.2, -0.15) is 0 Å². The van der Waals surface area contributed by atoms with Gasteiger partial charge >= 0.3 is 0 Å². The molecule has 0 spiro atoms.